The van der Waals surface area contributed by atoms with Crippen LogP contribution in [0.3, 0.4) is 0 Å². The Morgan fingerprint density at radius 3 is 2.41 bits per heavy atom. The second kappa shape index (κ2) is 8.44. The molecule has 9 heteroatoms. The molecule has 1 aromatic carbocycles. The summed E-state index contributed by atoms with van der Waals surface area (Å²) in [4.78, 5) is 19.4. The lowest BCUT2D eigenvalue weighted by atomic mass is 10.0. The van der Waals surface area contributed by atoms with Gasteiger partial charge >= 0.3 is 6.36 Å². The molecule has 158 valence electrons. The Balaban J connectivity index is 1.63. The molecule has 1 saturated heterocycles. The molecule has 0 radical (unpaired) electrons. The molecule has 2 heterocycles. The van der Waals surface area contributed by atoms with Crippen molar-refractivity contribution in [3.05, 3.63) is 47.0 Å². The Morgan fingerprint density at radius 1 is 1.21 bits per heavy atom. The van der Waals surface area contributed by atoms with Crippen molar-refractivity contribution in [2.45, 2.75) is 45.6 Å². The highest BCUT2D eigenvalue weighted by Gasteiger charge is 2.31. The molecule has 3 rings (SSSR count). The molecular formula is C20H25F3N4O2. The van der Waals surface area contributed by atoms with E-state index in [2.05, 4.69) is 31.6 Å². The maximum absolute atomic E-state index is 12.6. The molecule has 0 unspecified atom stereocenters. The zero-order valence-electron chi connectivity index (χ0n) is 16.7. The molecule has 29 heavy (non-hydrogen) atoms. The van der Waals surface area contributed by atoms with Gasteiger partial charge in [0.25, 0.3) is 5.91 Å². The van der Waals surface area contributed by atoms with Gasteiger partial charge in [-0.05, 0) is 64.5 Å². The summed E-state index contributed by atoms with van der Waals surface area (Å²) in [6.45, 7) is 6.01. The second-order valence-electron chi connectivity index (χ2n) is 7.37. The maximum Gasteiger partial charge on any atom is 0.573 e. The third-order valence-corrected chi connectivity index (χ3v) is 5.20. The van der Waals surface area contributed by atoms with Crippen molar-refractivity contribution in [3.63, 3.8) is 0 Å². The largest absolute Gasteiger partial charge is 0.573 e. The highest BCUT2D eigenvalue weighted by atomic mass is 19.4. The van der Waals surface area contributed by atoms with Crippen molar-refractivity contribution in [2.24, 2.45) is 0 Å². The van der Waals surface area contributed by atoms with Crippen LogP contribution >= 0.6 is 0 Å². The number of amides is 1. The number of alkyl halides is 3. The number of halogens is 3. The van der Waals surface area contributed by atoms with Crippen molar-refractivity contribution in [3.8, 4) is 5.75 Å². The van der Waals surface area contributed by atoms with E-state index in [9.17, 15) is 18.0 Å². The number of hydrogen-bond acceptors (Lipinski definition) is 4. The highest BCUT2D eigenvalue weighted by molar-refractivity contribution is 5.93. The van der Waals surface area contributed by atoms with Crippen LogP contribution in [0.4, 0.5) is 13.2 Å². The van der Waals surface area contributed by atoms with E-state index in [1.807, 2.05) is 13.8 Å². The molecule has 1 aromatic heterocycles. The first-order valence-corrected chi connectivity index (χ1v) is 9.51. The summed E-state index contributed by atoms with van der Waals surface area (Å²) in [5.74, 6) is 0.222. The minimum atomic E-state index is -4.72. The van der Waals surface area contributed by atoms with Crippen LogP contribution in [-0.4, -0.2) is 46.9 Å². The lowest BCUT2D eigenvalue weighted by molar-refractivity contribution is -0.274. The molecule has 2 aromatic rings. The number of ether oxygens (including phenoxy) is 1. The molecule has 0 saturated carbocycles. The first-order chi connectivity index (χ1) is 13.6. The van der Waals surface area contributed by atoms with Gasteiger partial charge in [0.05, 0.1) is 0 Å². The molecule has 1 aliphatic heterocycles. The molecule has 0 atom stereocenters. The van der Waals surface area contributed by atoms with Crippen LogP contribution in [0.15, 0.2) is 24.3 Å². The van der Waals surface area contributed by atoms with Gasteiger partial charge in [-0.25, -0.2) is 4.98 Å². The predicted molar refractivity (Wildman–Crippen MR) is 102 cm³/mol. The van der Waals surface area contributed by atoms with Crippen molar-refractivity contribution in [2.75, 3.05) is 20.1 Å². The SMILES string of the molecule is Cc1nc(C(=O)NCc2ccc(OC(F)(F)F)cc2)c(C)n1C1CCN(C)CC1. The van der Waals surface area contributed by atoms with Crippen LogP contribution in [0, 0.1) is 13.8 Å². The summed E-state index contributed by atoms with van der Waals surface area (Å²) in [6, 6.07) is 5.74. The molecule has 1 aliphatic rings. The summed E-state index contributed by atoms with van der Waals surface area (Å²) < 4.78 is 42.6. The topological polar surface area (TPSA) is 59.4 Å². The molecular weight excluding hydrogens is 385 g/mol. The average Bonchev–Trinajstić information content (AvgIpc) is 2.95. The monoisotopic (exact) mass is 410 g/mol. The van der Waals surface area contributed by atoms with Crippen LogP contribution < -0.4 is 10.1 Å². The Kier molecular flexibility index (Phi) is 6.16. The number of aryl methyl sites for hydroxylation is 1. The van der Waals surface area contributed by atoms with Gasteiger partial charge < -0.3 is 19.5 Å². The molecule has 6 nitrogen and oxygen atoms in total. The number of aromatic nitrogens is 2. The molecule has 0 spiro atoms. The Hall–Kier alpha value is -2.55. The third kappa shape index (κ3) is 5.29. The summed E-state index contributed by atoms with van der Waals surface area (Å²) >= 11 is 0. The fourth-order valence-corrected chi connectivity index (χ4v) is 3.73. The standard InChI is InChI=1S/C20H25F3N4O2/c1-13-18(25-14(2)27(13)16-8-10-26(3)11-9-16)19(28)24-12-15-4-6-17(7-5-15)29-20(21,22)23/h4-7,16H,8-12H2,1-3H3,(H,24,28). The lowest BCUT2D eigenvalue weighted by Crippen LogP contribution is -2.32. The van der Waals surface area contributed by atoms with E-state index in [4.69, 9.17) is 0 Å². The molecule has 1 fully saturated rings. The summed E-state index contributed by atoms with van der Waals surface area (Å²) in [5.41, 5.74) is 1.89. The smallest absolute Gasteiger partial charge is 0.406 e. The van der Waals surface area contributed by atoms with Gasteiger partial charge in [-0.15, -0.1) is 13.2 Å². The number of piperidine rings is 1. The number of carbonyl (C=O) groups is 1. The number of benzene rings is 1. The molecule has 0 aliphatic carbocycles. The number of hydrogen-bond donors (Lipinski definition) is 1. The number of carbonyl (C=O) groups excluding carboxylic acids is 1. The minimum absolute atomic E-state index is 0.185. The summed E-state index contributed by atoms with van der Waals surface area (Å²) in [7, 11) is 2.10. The van der Waals surface area contributed by atoms with E-state index in [1.165, 1.54) is 24.3 Å². The summed E-state index contributed by atoms with van der Waals surface area (Å²) in [5, 5.41) is 2.79. The second-order valence-corrected chi connectivity index (χ2v) is 7.37. The zero-order chi connectivity index (χ0) is 21.2. The first kappa shape index (κ1) is 21.2. The Bertz CT molecular complexity index is 854. The van der Waals surface area contributed by atoms with Gasteiger partial charge in [-0.1, -0.05) is 12.1 Å². The van der Waals surface area contributed by atoms with Gasteiger partial charge in [0.15, 0.2) is 0 Å². The van der Waals surface area contributed by atoms with Gasteiger partial charge in [-0.2, -0.15) is 0 Å². The summed E-state index contributed by atoms with van der Waals surface area (Å²) in [6.07, 6.45) is -2.69. The van der Waals surface area contributed by atoms with Crippen LogP contribution in [-0.2, 0) is 6.54 Å². The van der Waals surface area contributed by atoms with Gasteiger partial charge in [0.2, 0.25) is 0 Å². The first-order valence-electron chi connectivity index (χ1n) is 9.51. The molecule has 0 bridgehead atoms. The third-order valence-electron chi connectivity index (χ3n) is 5.20. The van der Waals surface area contributed by atoms with E-state index < -0.39 is 6.36 Å². The normalized spacial score (nSPS) is 16.1. The fourth-order valence-electron chi connectivity index (χ4n) is 3.73. The fraction of sp³-hybridized carbons (Fsp3) is 0.500. The van der Waals surface area contributed by atoms with Crippen LogP contribution in [0.5, 0.6) is 5.75 Å². The zero-order valence-corrected chi connectivity index (χ0v) is 16.7. The van der Waals surface area contributed by atoms with Crippen LogP contribution in [0.25, 0.3) is 0 Å². The number of nitrogens with one attached hydrogen (secondary N) is 1. The van der Waals surface area contributed by atoms with Crippen molar-refractivity contribution in [1.82, 2.24) is 19.8 Å². The number of nitrogens with zero attached hydrogens (tertiary/aromatic N) is 3. The predicted octanol–water partition coefficient (Wildman–Crippen LogP) is 3.60. The Labute approximate surface area is 167 Å². The Morgan fingerprint density at radius 2 is 1.83 bits per heavy atom. The number of rotatable bonds is 5. The van der Waals surface area contributed by atoms with E-state index in [0.717, 1.165) is 37.4 Å². The van der Waals surface area contributed by atoms with E-state index in [0.29, 0.717) is 17.3 Å². The van der Waals surface area contributed by atoms with E-state index in [-0.39, 0.29) is 18.2 Å². The number of likely N-dealkylation sites (tertiary alicyclic amines) is 1. The van der Waals surface area contributed by atoms with Crippen molar-refractivity contribution in [1.29, 1.82) is 0 Å². The molecule has 1 amide bonds. The van der Waals surface area contributed by atoms with Gasteiger partial charge in [0.1, 0.15) is 17.3 Å². The van der Waals surface area contributed by atoms with Crippen LogP contribution in [0.1, 0.15) is 46.5 Å². The minimum Gasteiger partial charge on any atom is -0.406 e. The quantitative estimate of drug-likeness (QED) is 0.819. The van der Waals surface area contributed by atoms with E-state index >= 15 is 0 Å². The maximum atomic E-state index is 12.6. The van der Waals surface area contributed by atoms with Gasteiger partial charge in [-0.3, -0.25) is 4.79 Å². The lowest BCUT2D eigenvalue weighted by Gasteiger charge is -2.31. The number of imidazole rings is 1. The average molecular weight is 410 g/mol. The van der Waals surface area contributed by atoms with Crippen molar-refractivity contribution >= 4 is 5.91 Å². The highest BCUT2D eigenvalue weighted by Crippen LogP contribution is 2.26. The molecule has 1 N–H and O–H groups in total. The van der Waals surface area contributed by atoms with Crippen molar-refractivity contribution < 1.29 is 22.7 Å². The van der Waals surface area contributed by atoms with Gasteiger partial charge in [0, 0.05) is 18.3 Å². The van der Waals surface area contributed by atoms with E-state index in [1.54, 1.807) is 0 Å². The van der Waals surface area contributed by atoms with Crippen LogP contribution in [0.2, 0.25) is 0 Å².